The second-order valence-corrected chi connectivity index (χ2v) is 7.89. The second kappa shape index (κ2) is 6.83. The molecule has 142 valence electrons. The Bertz CT molecular complexity index is 859. The molecule has 2 amide bonds. The normalized spacial score (nSPS) is 21.6. The molecule has 0 saturated carbocycles. The summed E-state index contributed by atoms with van der Waals surface area (Å²) in [6.45, 7) is 5.65. The Labute approximate surface area is 158 Å². The quantitative estimate of drug-likeness (QED) is 0.831. The van der Waals surface area contributed by atoms with Gasteiger partial charge in [0.25, 0.3) is 5.91 Å². The third-order valence-electron chi connectivity index (χ3n) is 5.48. The SMILES string of the molecule is CC(C)CC(=O)N1CC2C(C1)n1cccc1C(=O)N2Cc1ccc(F)cc1. The van der Waals surface area contributed by atoms with Crippen LogP contribution in [0.25, 0.3) is 0 Å². The van der Waals surface area contributed by atoms with E-state index in [1.54, 1.807) is 12.1 Å². The summed E-state index contributed by atoms with van der Waals surface area (Å²) in [5, 5.41) is 0. The van der Waals surface area contributed by atoms with Crippen LogP contribution in [0.1, 0.15) is 42.4 Å². The summed E-state index contributed by atoms with van der Waals surface area (Å²) >= 11 is 0. The number of fused-ring (bicyclic) bond motifs is 3. The monoisotopic (exact) mass is 369 g/mol. The van der Waals surface area contributed by atoms with Crippen molar-refractivity contribution in [2.45, 2.75) is 38.9 Å². The molecule has 1 saturated heterocycles. The Hall–Kier alpha value is -2.63. The molecule has 0 spiro atoms. The first-order valence-electron chi connectivity index (χ1n) is 9.44. The molecule has 0 bridgehead atoms. The van der Waals surface area contributed by atoms with E-state index >= 15 is 0 Å². The summed E-state index contributed by atoms with van der Waals surface area (Å²) in [6, 6.07) is 9.94. The maximum Gasteiger partial charge on any atom is 0.271 e. The maximum absolute atomic E-state index is 13.2. The van der Waals surface area contributed by atoms with Crippen LogP contribution < -0.4 is 0 Å². The van der Waals surface area contributed by atoms with Gasteiger partial charge in [-0.05, 0) is 35.7 Å². The van der Waals surface area contributed by atoms with Gasteiger partial charge in [-0.1, -0.05) is 26.0 Å². The Balaban J connectivity index is 1.62. The molecule has 0 N–H and O–H groups in total. The van der Waals surface area contributed by atoms with Gasteiger partial charge in [0.05, 0.1) is 12.1 Å². The van der Waals surface area contributed by atoms with Gasteiger partial charge in [0.2, 0.25) is 5.91 Å². The maximum atomic E-state index is 13.2. The van der Waals surface area contributed by atoms with Gasteiger partial charge in [-0.15, -0.1) is 0 Å². The van der Waals surface area contributed by atoms with Crippen LogP contribution in [0, 0.1) is 11.7 Å². The van der Waals surface area contributed by atoms with E-state index in [-0.39, 0.29) is 29.7 Å². The van der Waals surface area contributed by atoms with Gasteiger partial charge >= 0.3 is 0 Å². The predicted octanol–water partition coefficient (Wildman–Crippen LogP) is 3.08. The zero-order valence-corrected chi connectivity index (χ0v) is 15.6. The Morgan fingerprint density at radius 2 is 1.85 bits per heavy atom. The summed E-state index contributed by atoms with van der Waals surface area (Å²) in [5.41, 5.74) is 1.53. The zero-order chi connectivity index (χ0) is 19.1. The molecule has 2 aliphatic rings. The Morgan fingerprint density at radius 1 is 1.15 bits per heavy atom. The molecule has 1 fully saturated rings. The number of aromatic nitrogens is 1. The van der Waals surface area contributed by atoms with Crippen LogP contribution in [0.2, 0.25) is 0 Å². The van der Waals surface area contributed by atoms with Crippen molar-refractivity contribution >= 4 is 11.8 Å². The minimum atomic E-state index is -0.290. The van der Waals surface area contributed by atoms with Crippen LogP contribution in [0.3, 0.4) is 0 Å². The minimum absolute atomic E-state index is 0.0382. The van der Waals surface area contributed by atoms with E-state index < -0.39 is 0 Å². The van der Waals surface area contributed by atoms with Crippen molar-refractivity contribution in [3.05, 3.63) is 59.7 Å². The van der Waals surface area contributed by atoms with Gasteiger partial charge in [0.15, 0.2) is 0 Å². The topological polar surface area (TPSA) is 45.6 Å². The summed E-state index contributed by atoms with van der Waals surface area (Å²) in [7, 11) is 0. The molecular weight excluding hydrogens is 345 g/mol. The number of carbonyl (C=O) groups is 2. The van der Waals surface area contributed by atoms with Crippen molar-refractivity contribution in [3.63, 3.8) is 0 Å². The molecular formula is C21H24FN3O2. The van der Waals surface area contributed by atoms with Crippen LogP contribution in [0.15, 0.2) is 42.6 Å². The molecule has 4 rings (SSSR count). The molecule has 2 aromatic rings. The van der Waals surface area contributed by atoms with Gasteiger partial charge in [0.1, 0.15) is 11.5 Å². The number of likely N-dealkylation sites (tertiary alicyclic amines) is 1. The summed E-state index contributed by atoms with van der Waals surface area (Å²) in [4.78, 5) is 29.4. The molecule has 0 aliphatic carbocycles. The van der Waals surface area contributed by atoms with Crippen molar-refractivity contribution in [1.29, 1.82) is 0 Å². The number of halogens is 1. The smallest absolute Gasteiger partial charge is 0.271 e. The number of hydrogen-bond donors (Lipinski definition) is 0. The van der Waals surface area contributed by atoms with Crippen LogP contribution in [0.5, 0.6) is 0 Å². The fraction of sp³-hybridized carbons (Fsp3) is 0.429. The fourth-order valence-electron chi connectivity index (χ4n) is 4.17. The van der Waals surface area contributed by atoms with Gasteiger partial charge in [0, 0.05) is 32.3 Å². The zero-order valence-electron chi connectivity index (χ0n) is 15.6. The molecule has 2 atom stereocenters. The highest BCUT2D eigenvalue weighted by molar-refractivity contribution is 5.94. The number of rotatable bonds is 4. The van der Waals surface area contributed by atoms with Crippen molar-refractivity contribution in [2.75, 3.05) is 13.1 Å². The van der Waals surface area contributed by atoms with Crippen LogP contribution in [-0.2, 0) is 11.3 Å². The van der Waals surface area contributed by atoms with Crippen LogP contribution in [-0.4, -0.2) is 45.3 Å². The third kappa shape index (κ3) is 3.24. The number of amides is 2. The first kappa shape index (κ1) is 17.8. The molecule has 5 nitrogen and oxygen atoms in total. The second-order valence-electron chi connectivity index (χ2n) is 7.89. The molecule has 0 radical (unpaired) electrons. The standard InChI is InChI=1S/C21H24FN3O2/c1-14(2)10-20(26)23-12-18-19(13-23)25(11-15-5-7-16(22)8-6-15)21(27)17-4-3-9-24(17)18/h3-9,14,18-19H,10-13H2,1-2H3. The molecule has 27 heavy (non-hydrogen) atoms. The average Bonchev–Trinajstić information content (AvgIpc) is 3.26. The van der Waals surface area contributed by atoms with Crippen LogP contribution >= 0.6 is 0 Å². The average molecular weight is 369 g/mol. The Kier molecular flexibility index (Phi) is 4.50. The lowest BCUT2D eigenvalue weighted by Crippen LogP contribution is -2.49. The van der Waals surface area contributed by atoms with Crippen molar-refractivity contribution < 1.29 is 14.0 Å². The van der Waals surface area contributed by atoms with Gasteiger partial charge in [-0.2, -0.15) is 0 Å². The summed E-state index contributed by atoms with van der Waals surface area (Å²) in [5.74, 6) is 0.118. The van der Waals surface area contributed by atoms with Crippen molar-refractivity contribution in [3.8, 4) is 0 Å². The number of nitrogens with zero attached hydrogens (tertiary/aromatic N) is 3. The highest BCUT2D eigenvalue weighted by Crippen LogP contribution is 2.35. The van der Waals surface area contributed by atoms with Crippen LogP contribution in [0.4, 0.5) is 4.39 Å². The highest BCUT2D eigenvalue weighted by atomic mass is 19.1. The van der Waals surface area contributed by atoms with Gasteiger partial charge in [-0.25, -0.2) is 4.39 Å². The Morgan fingerprint density at radius 3 is 2.56 bits per heavy atom. The first-order chi connectivity index (χ1) is 12.9. The largest absolute Gasteiger partial charge is 0.338 e. The van der Waals surface area contributed by atoms with Gasteiger partial charge in [-0.3, -0.25) is 9.59 Å². The number of carbonyl (C=O) groups excluding carboxylic acids is 2. The van der Waals surface area contributed by atoms with Crippen molar-refractivity contribution in [1.82, 2.24) is 14.4 Å². The van der Waals surface area contributed by atoms with E-state index in [4.69, 9.17) is 0 Å². The minimum Gasteiger partial charge on any atom is -0.338 e. The first-order valence-corrected chi connectivity index (χ1v) is 9.44. The predicted molar refractivity (Wildman–Crippen MR) is 99.6 cm³/mol. The van der Waals surface area contributed by atoms with E-state index in [0.29, 0.717) is 37.7 Å². The van der Waals surface area contributed by atoms with E-state index in [1.165, 1.54) is 12.1 Å². The lowest BCUT2D eigenvalue weighted by Gasteiger charge is -2.38. The number of benzene rings is 1. The fourth-order valence-corrected chi connectivity index (χ4v) is 4.17. The lowest BCUT2D eigenvalue weighted by atomic mass is 10.0. The van der Waals surface area contributed by atoms with Crippen molar-refractivity contribution in [2.24, 2.45) is 5.92 Å². The van der Waals surface area contributed by atoms with E-state index in [1.807, 2.05) is 46.5 Å². The molecule has 1 aromatic heterocycles. The van der Waals surface area contributed by atoms with E-state index in [0.717, 1.165) is 5.56 Å². The number of hydrogen-bond acceptors (Lipinski definition) is 2. The van der Waals surface area contributed by atoms with E-state index in [2.05, 4.69) is 0 Å². The molecule has 3 heterocycles. The summed E-state index contributed by atoms with van der Waals surface area (Å²) in [6.07, 6.45) is 2.44. The molecule has 2 unspecified atom stereocenters. The highest BCUT2D eigenvalue weighted by Gasteiger charge is 2.46. The lowest BCUT2D eigenvalue weighted by molar-refractivity contribution is -0.131. The third-order valence-corrected chi connectivity index (χ3v) is 5.48. The molecule has 6 heteroatoms. The molecule has 2 aliphatic heterocycles. The molecule has 1 aromatic carbocycles. The summed E-state index contributed by atoms with van der Waals surface area (Å²) < 4.78 is 15.2. The van der Waals surface area contributed by atoms with E-state index in [9.17, 15) is 14.0 Å². The van der Waals surface area contributed by atoms with Gasteiger partial charge < -0.3 is 14.4 Å².